The predicted octanol–water partition coefficient (Wildman–Crippen LogP) is 5.01. The van der Waals surface area contributed by atoms with E-state index in [0.717, 1.165) is 29.9 Å². The number of hydrogen-bond acceptors (Lipinski definition) is 4. The number of methoxy groups -OCH3 is 1. The van der Waals surface area contributed by atoms with Gasteiger partial charge in [-0.05, 0) is 64.3 Å². The molecule has 1 aliphatic heterocycles. The molecule has 4 heteroatoms. The summed E-state index contributed by atoms with van der Waals surface area (Å²) in [4.78, 5) is 11.8. The third kappa shape index (κ3) is 5.51. The van der Waals surface area contributed by atoms with Crippen LogP contribution < -0.4 is 9.47 Å². The molecule has 0 aromatic heterocycles. The largest absolute Gasteiger partial charge is 0.497 e. The van der Waals surface area contributed by atoms with Gasteiger partial charge in [-0.3, -0.25) is 4.79 Å². The van der Waals surface area contributed by atoms with E-state index in [-0.39, 0.29) is 5.78 Å². The van der Waals surface area contributed by atoms with Crippen LogP contribution in [-0.4, -0.2) is 25.1 Å². The number of carbonyl (C=O) groups excluding carboxylic acids is 1. The normalized spacial score (nSPS) is 17.0. The highest BCUT2D eigenvalue weighted by molar-refractivity contribution is 5.99. The maximum atomic E-state index is 11.8. The molecule has 0 atom stereocenters. The van der Waals surface area contributed by atoms with E-state index >= 15 is 0 Å². The standard InChI is InChI=1S/C22H28O4/c1-16(12-13-25-19-11-7-10-18(14-19)24-5)8-6-9-17(2)20-15-21(23)22(3,4)26-20/h7,9-12,14-15H,6,8,13H2,1-5H3/b16-12+,17-9+. The van der Waals surface area contributed by atoms with Crippen molar-refractivity contribution >= 4 is 5.78 Å². The molecule has 0 N–H and O–H groups in total. The van der Waals surface area contributed by atoms with Gasteiger partial charge in [-0.15, -0.1) is 0 Å². The number of rotatable bonds is 8. The van der Waals surface area contributed by atoms with Gasteiger partial charge in [0.15, 0.2) is 5.60 Å². The molecule has 0 bridgehead atoms. The quantitative estimate of drug-likeness (QED) is 0.614. The molecule has 0 unspecified atom stereocenters. The van der Waals surface area contributed by atoms with Crippen molar-refractivity contribution in [2.75, 3.05) is 13.7 Å². The second kappa shape index (κ2) is 8.75. The average molecular weight is 356 g/mol. The molecule has 2 rings (SSSR count). The van der Waals surface area contributed by atoms with Crippen molar-refractivity contribution in [1.29, 1.82) is 0 Å². The highest BCUT2D eigenvalue weighted by atomic mass is 16.5. The lowest BCUT2D eigenvalue weighted by Crippen LogP contribution is -2.27. The van der Waals surface area contributed by atoms with Gasteiger partial charge in [0.25, 0.3) is 0 Å². The minimum absolute atomic E-state index is 0.0195. The molecule has 26 heavy (non-hydrogen) atoms. The summed E-state index contributed by atoms with van der Waals surface area (Å²) in [5.74, 6) is 2.28. The van der Waals surface area contributed by atoms with Gasteiger partial charge in [-0.25, -0.2) is 0 Å². The second-order valence-electron chi connectivity index (χ2n) is 6.95. The Labute approximate surface area is 156 Å². The number of allylic oxidation sites excluding steroid dienone is 3. The van der Waals surface area contributed by atoms with Gasteiger partial charge in [0.05, 0.1) is 7.11 Å². The Morgan fingerprint density at radius 3 is 2.58 bits per heavy atom. The molecule has 0 fully saturated rings. The Hall–Kier alpha value is -2.49. The summed E-state index contributed by atoms with van der Waals surface area (Å²) in [5, 5.41) is 0. The average Bonchev–Trinajstić information content (AvgIpc) is 2.88. The van der Waals surface area contributed by atoms with Crippen molar-refractivity contribution in [3.8, 4) is 11.5 Å². The van der Waals surface area contributed by atoms with Crippen LogP contribution in [0.4, 0.5) is 0 Å². The summed E-state index contributed by atoms with van der Waals surface area (Å²) in [6, 6.07) is 7.58. The topological polar surface area (TPSA) is 44.8 Å². The zero-order valence-electron chi connectivity index (χ0n) is 16.3. The first-order valence-electron chi connectivity index (χ1n) is 8.86. The lowest BCUT2D eigenvalue weighted by molar-refractivity contribution is -0.126. The summed E-state index contributed by atoms with van der Waals surface area (Å²) in [7, 11) is 1.64. The lowest BCUT2D eigenvalue weighted by Gasteiger charge is -2.18. The highest BCUT2D eigenvalue weighted by Crippen LogP contribution is 2.29. The van der Waals surface area contributed by atoms with E-state index in [2.05, 4.69) is 19.1 Å². The molecule has 0 spiro atoms. The third-order valence-electron chi connectivity index (χ3n) is 4.32. The Kier molecular flexibility index (Phi) is 6.67. The molecule has 0 radical (unpaired) electrons. The van der Waals surface area contributed by atoms with Gasteiger partial charge in [0, 0.05) is 12.1 Å². The van der Waals surface area contributed by atoms with Crippen LogP contribution in [0.15, 0.2) is 59.4 Å². The third-order valence-corrected chi connectivity index (χ3v) is 4.32. The van der Waals surface area contributed by atoms with E-state index in [4.69, 9.17) is 14.2 Å². The Bertz CT molecular complexity index is 738. The zero-order valence-corrected chi connectivity index (χ0v) is 16.3. The van der Waals surface area contributed by atoms with E-state index in [9.17, 15) is 4.79 Å². The molecular formula is C22H28O4. The molecule has 1 aromatic rings. The van der Waals surface area contributed by atoms with Crippen LogP contribution >= 0.6 is 0 Å². The predicted molar refractivity (Wildman–Crippen MR) is 103 cm³/mol. The molecular weight excluding hydrogens is 328 g/mol. The van der Waals surface area contributed by atoms with Gasteiger partial charge in [-0.2, -0.15) is 0 Å². The van der Waals surface area contributed by atoms with E-state index in [1.165, 1.54) is 5.57 Å². The SMILES string of the molecule is COc1cccc(OC/C=C(\C)CC/C=C(\C)C2=CC(=O)C(C)(C)O2)c1. The summed E-state index contributed by atoms with van der Waals surface area (Å²) >= 11 is 0. The number of hydrogen-bond donors (Lipinski definition) is 0. The van der Waals surface area contributed by atoms with Gasteiger partial charge < -0.3 is 14.2 Å². The Balaban J connectivity index is 1.79. The van der Waals surface area contributed by atoms with Crippen molar-refractivity contribution in [2.45, 2.75) is 46.1 Å². The molecule has 1 aromatic carbocycles. The van der Waals surface area contributed by atoms with Crippen molar-refractivity contribution < 1.29 is 19.0 Å². The van der Waals surface area contributed by atoms with Gasteiger partial charge >= 0.3 is 0 Å². The monoisotopic (exact) mass is 356 g/mol. The van der Waals surface area contributed by atoms with Crippen LogP contribution in [0.3, 0.4) is 0 Å². The molecule has 140 valence electrons. The number of benzene rings is 1. The fourth-order valence-electron chi connectivity index (χ4n) is 2.53. The number of ether oxygens (including phenoxy) is 3. The smallest absolute Gasteiger partial charge is 0.202 e. The first kappa shape index (κ1) is 19.8. The summed E-state index contributed by atoms with van der Waals surface area (Å²) in [6.45, 7) is 8.18. The van der Waals surface area contributed by atoms with Crippen LogP contribution in [-0.2, 0) is 9.53 Å². The molecule has 1 heterocycles. The van der Waals surface area contributed by atoms with E-state index in [1.54, 1.807) is 27.0 Å². The second-order valence-corrected chi connectivity index (χ2v) is 6.95. The van der Waals surface area contributed by atoms with Gasteiger partial charge in [0.1, 0.15) is 23.9 Å². The molecule has 4 nitrogen and oxygen atoms in total. The summed E-state index contributed by atoms with van der Waals surface area (Å²) < 4.78 is 16.6. The molecule has 1 aliphatic rings. The number of ketones is 1. The van der Waals surface area contributed by atoms with Crippen LogP contribution in [0.25, 0.3) is 0 Å². The minimum Gasteiger partial charge on any atom is -0.497 e. The van der Waals surface area contributed by atoms with Gasteiger partial charge in [0.2, 0.25) is 5.78 Å². The number of carbonyl (C=O) groups is 1. The van der Waals surface area contributed by atoms with Crippen LogP contribution in [0.5, 0.6) is 11.5 Å². The maximum absolute atomic E-state index is 11.8. The summed E-state index contributed by atoms with van der Waals surface area (Å²) in [5.41, 5.74) is 1.52. The Morgan fingerprint density at radius 1 is 1.19 bits per heavy atom. The zero-order chi connectivity index (χ0) is 19.2. The minimum atomic E-state index is -0.738. The fourth-order valence-corrected chi connectivity index (χ4v) is 2.53. The Morgan fingerprint density at radius 2 is 1.92 bits per heavy atom. The fraction of sp³-hybridized carbons (Fsp3) is 0.409. The lowest BCUT2D eigenvalue weighted by atomic mass is 10.1. The summed E-state index contributed by atoms with van der Waals surface area (Å²) in [6.07, 6.45) is 7.62. The molecule has 0 saturated heterocycles. The van der Waals surface area contributed by atoms with Crippen molar-refractivity contribution in [2.24, 2.45) is 0 Å². The van der Waals surface area contributed by atoms with E-state index in [1.807, 2.05) is 31.2 Å². The highest BCUT2D eigenvalue weighted by Gasteiger charge is 2.35. The van der Waals surface area contributed by atoms with E-state index < -0.39 is 5.60 Å². The first-order valence-corrected chi connectivity index (χ1v) is 8.86. The van der Waals surface area contributed by atoms with Gasteiger partial charge in [-0.1, -0.05) is 17.7 Å². The van der Waals surface area contributed by atoms with Crippen molar-refractivity contribution in [3.63, 3.8) is 0 Å². The van der Waals surface area contributed by atoms with Crippen LogP contribution in [0.1, 0.15) is 40.5 Å². The molecule has 0 amide bonds. The van der Waals surface area contributed by atoms with Crippen molar-refractivity contribution in [1.82, 2.24) is 0 Å². The van der Waals surface area contributed by atoms with Crippen LogP contribution in [0, 0.1) is 0 Å². The molecule has 0 aliphatic carbocycles. The first-order chi connectivity index (χ1) is 12.3. The molecule has 0 saturated carbocycles. The van der Waals surface area contributed by atoms with Crippen LogP contribution in [0.2, 0.25) is 0 Å². The van der Waals surface area contributed by atoms with Crippen molar-refractivity contribution in [3.05, 3.63) is 59.4 Å². The van der Waals surface area contributed by atoms with E-state index in [0.29, 0.717) is 12.4 Å². The maximum Gasteiger partial charge on any atom is 0.202 e.